The van der Waals surface area contributed by atoms with E-state index >= 15 is 0 Å². The third-order valence-corrected chi connectivity index (χ3v) is 4.94. The Labute approximate surface area is 177 Å². The highest BCUT2D eigenvalue weighted by atomic mass is 32.2. The Morgan fingerprint density at radius 1 is 0.867 bits per heavy atom. The summed E-state index contributed by atoms with van der Waals surface area (Å²) in [6.07, 6.45) is 5.00. The molecule has 0 heterocycles. The Hall–Kier alpha value is -2.88. The first kappa shape index (κ1) is 23.4. The normalized spacial score (nSPS) is 11.9. The van der Waals surface area contributed by atoms with Crippen molar-refractivity contribution in [3.05, 3.63) is 53.6 Å². The number of benzene rings is 2. The van der Waals surface area contributed by atoms with E-state index in [0.29, 0.717) is 11.5 Å². The van der Waals surface area contributed by atoms with Crippen LogP contribution in [0.1, 0.15) is 11.1 Å². The van der Waals surface area contributed by atoms with Gasteiger partial charge in [-0.05, 0) is 35.4 Å². The number of ether oxygens (including phenoxy) is 4. The van der Waals surface area contributed by atoms with E-state index in [0.717, 1.165) is 11.1 Å². The van der Waals surface area contributed by atoms with E-state index < -0.39 is 10.0 Å². The fourth-order valence-corrected chi connectivity index (χ4v) is 3.18. The van der Waals surface area contributed by atoms with Gasteiger partial charge in [-0.2, -0.15) is 8.42 Å². The van der Waals surface area contributed by atoms with Gasteiger partial charge in [-0.1, -0.05) is 30.4 Å². The minimum absolute atomic E-state index is 0.0861. The molecule has 0 aliphatic heterocycles. The quantitative estimate of drug-likeness (QED) is 0.232. The fraction of sp³-hybridized carbons (Fsp3) is 0.286. The van der Waals surface area contributed by atoms with Crippen LogP contribution >= 0.6 is 0 Å². The number of nitrogens with zero attached hydrogens (tertiary/aromatic N) is 2. The first-order valence-electron chi connectivity index (χ1n) is 8.98. The lowest BCUT2D eigenvalue weighted by atomic mass is 10.1. The van der Waals surface area contributed by atoms with Crippen molar-refractivity contribution in [1.29, 1.82) is 0 Å². The van der Waals surface area contributed by atoms with Crippen molar-refractivity contribution in [2.75, 3.05) is 41.9 Å². The van der Waals surface area contributed by atoms with Crippen LogP contribution < -0.4 is 9.47 Å². The molecule has 0 bridgehead atoms. The van der Waals surface area contributed by atoms with Gasteiger partial charge in [0.2, 0.25) is 0 Å². The predicted molar refractivity (Wildman–Crippen MR) is 116 cm³/mol. The first-order chi connectivity index (χ1) is 14.4. The molecule has 0 spiro atoms. The highest BCUT2D eigenvalue weighted by Gasteiger charge is 2.11. The third kappa shape index (κ3) is 7.18. The molecule has 0 saturated heterocycles. The van der Waals surface area contributed by atoms with Crippen molar-refractivity contribution in [2.45, 2.75) is 4.90 Å². The number of rotatable bonds is 11. The maximum atomic E-state index is 12.2. The van der Waals surface area contributed by atoms with E-state index in [-0.39, 0.29) is 18.5 Å². The average molecular weight is 435 g/mol. The summed E-state index contributed by atoms with van der Waals surface area (Å²) < 4.78 is 48.9. The summed E-state index contributed by atoms with van der Waals surface area (Å²) in [5, 5.41) is 0. The molecule has 0 aliphatic carbocycles. The Balaban J connectivity index is 2.16. The zero-order valence-electron chi connectivity index (χ0n) is 17.4. The maximum absolute atomic E-state index is 12.2. The molecule has 0 fully saturated rings. The van der Waals surface area contributed by atoms with Crippen LogP contribution in [0.25, 0.3) is 12.2 Å². The maximum Gasteiger partial charge on any atom is 0.283 e. The lowest BCUT2D eigenvalue weighted by molar-refractivity contribution is 0.0322. The summed E-state index contributed by atoms with van der Waals surface area (Å²) in [6.45, 7) is 0.190. The van der Waals surface area contributed by atoms with Crippen LogP contribution in [0, 0.1) is 0 Å². The molecular formula is C21H26N2O6S. The van der Waals surface area contributed by atoms with E-state index in [9.17, 15) is 8.42 Å². The number of sulfonamides is 1. The van der Waals surface area contributed by atoms with E-state index in [1.807, 2.05) is 24.3 Å². The number of hydrogen-bond acceptors (Lipinski definition) is 6. The molecule has 9 heteroatoms. The van der Waals surface area contributed by atoms with Crippen LogP contribution in [0.3, 0.4) is 0 Å². The SMILES string of the molecule is COCOc1ccc(C=Cc2ccc(S(=O)(=O)N=CN(C)C)cc2)cc1OCOC. The van der Waals surface area contributed by atoms with E-state index in [1.165, 1.54) is 32.7 Å². The Morgan fingerprint density at radius 3 is 2.03 bits per heavy atom. The zero-order valence-corrected chi connectivity index (χ0v) is 18.3. The van der Waals surface area contributed by atoms with Crippen molar-refractivity contribution in [2.24, 2.45) is 4.40 Å². The summed E-state index contributed by atoms with van der Waals surface area (Å²) in [5.74, 6) is 1.06. The van der Waals surface area contributed by atoms with Crippen LogP contribution in [-0.4, -0.2) is 61.6 Å². The molecule has 0 unspecified atom stereocenters. The third-order valence-electron chi connectivity index (χ3n) is 3.70. The molecule has 162 valence electrons. The van der Waals surface area contributed by atoms with Gasteiger partial charge < -0.3 is 23.8 Å². The largest absolute Gasteiger partial charge is 0.464 e. The molecule has 0 atom stereocenters. The molecule has 0 aromatic heterocycles. The second-order valence-electron chi connectivity index (χ2n) is 6.37. The second kappa shape index (κ2) is 11.3. The fourth-order valence-electron chi connectivity index (χ4n) is 2.27. The lowest BCUT2D eigenvalue weighted by Gasteiger charge is -2.12. The molecule has 2 aromatic carbocycles. The van der Waals surface area contributed by atoms with Gasteiger partial charge in [0.25, 0.3) is 10.0 Å². The van der Waals surface area contributed by atoms with Crippen LogP contribution in [-0.2, 0) is 19.5 Å². The Morgan fingerprint density at radius 2 is 1.43 bits per heavy atom. The van der Waals surface area contributed by atoms with Crippen molar-refractivity contribution in [3.63, 3.8) is 0 Å². The Bertz CT molecular complexity index is 969. The second-order valence-corrected chi connectivity index (χ2v) is 8.00. The van der Waals surface area contributed by atoms with Gasteiger partial charge in [-0.15, -0.1) is 4.40 Å². The monoisotopic (exact) mass is 434 g/mol. The van der Waals surface area contributed by atoms with Crippen molar-refractivity contribution in [1.82, 2.24) is 4.90 Å². The molecule has 2 aromatic rings. The summed E-state index contributed by atoms with van der Waals surface area (Å²) in [5.41, 5.74) is 1.71. The van der Waals surface area contributed by atoms with Gasteiger partial charge in [0.1, 0.15) is 6.34 Å². The van der Waals surface area contributed by atoms with Gasteiger partial charge in [-0.25, -0.2) is 0 Å². The molecule has 0 amide bonds. The molecule has 30 heavy (non-hydrogen) atoms. The van der Waals surface area contributed by atoms with Crippen molar-refractivity contribution in [3.8, 4) is 11.5 Å². The van der Waals surface area contributed by atoms with Gasteiger partial charge in [0.05, 0.1) is 4.90 Å². The standard InChI is InChI=1S/C21H26N2O6S/c1-23(2)14-22-30(24,25)19-10-7-17(8-11-19)5-6-18-9-12-20(28-15-26-3)21(13-18)29-16-27-4/h5-14H,15-16H2,1-4H3. The molecule has 8 nitrogen and oxygen atoms in total. The zero-order chi connectivity index (χ0) is 22.0. The minimum Gasteiger partial charge on any atom is -0.464 e. The summed E-state index contributed by atoms with van der Waals surface area (Å²) >= 11 is 0. The number of methoxy groups -OCH3 is 2. The highest BCUT2D eigenvalue weighted by molar-refractivity contribution is 7.90. The van der Waals surface area contributed by atoms with Gasteiger partial charge in [0, 0.05) is 28.3 Å². The molecular weight excluding hydrogens is 408 g/mol. The predicted octanol–water partition coefficient (Wildman–Crippen LogP) is 3.10. The van der Waals surface area contributed by atoms with Gasteiger partial charge in [0.15, 0.2) is 25.1 Å². The highest BCUT2D eigenvalue weighted by Crippen LogP contribution is 2.29. The lowest BCUT2D eigenvalue weighted by Crippen LogP contribution is -2.10. The average Bonchev–Trinajstić information content (AvgIpc) is 2.74. The smallest absolute Gasteiger partial charge is 0.283 e. The van der Waals surface area contributed by atoms with E-state index in [2.05, 4.69) is 4.40 Å². The van der Waals surface area contributed by atoms with Crippen molar-refractivity contribution < 1.29 is 27.4 Å². The van der Waals surface area contributed by atoms with E-state index in [4.69, 9.17) is 18.9 Å². The first-order valence-corrected chi connectivity index (χ1v) is 10.4. The van der Waals surface area contributed by atoms with E-state index in [1.54, 1.807) is 37.2 Å². The summed E-state index contributed by atoms with van der Waals surface area (Å²) in [4.78, 5) is 1.69. The summed E-state index contributed by atoms with van der Waals surface area (Å²) in [7, 11) is 2.77. The van der Waals surface area contributed by atoms with Crippen LogP contribution in [0.4, 0.5) is 0 Å². The molecule has 0 radical (unpaired) electrons. The van der Waals surface area contributed by atoms with Gasteiger partial charge in [-0.3, -0.25) is 0 Å². The van der Waals surface area contributed by atoms with Crippen LogP contribution in [0.2, 0.25) is 0 Å². The molecule has 0 N–H and O–H groups in total. The molecule has 0 aliphatic rings. The Kier molecular flexibility index (Phi) is 8.85. The topological polar surface area (TPSA) is 86.7 Å². The minimum atomic E-state index is -3.72. The number of hydrogen-bond donors (Lipinski definition) is 0. The van der Waals surface area contributed by atoms with Crippen LogP contribution in [0.5, 0.6) is 11.5 Å². The van der Waals surface area contributed by atoms with Crippen molar-refractivity contribution >= 4 is 28.5 Å². The molecule has 2 rings (SSSR count). The van der Waals surface area contributed by atoms with Crippen LogP contribution in [0.15, 0.2) is 51.8 Å². The van der Waals surface area contributed by atoms with Gasteiger partial charge >= 0.3 is 0 Å². The molecule has 0 saturated carbocycles. The summed E-state index contributed by atoms with van der Waals surface area (Å²) in [6, 6.07) is 11.9.